The lowest BCUT2D eigenvalue weighted by Gasteiger charge is -2.58. The molecule has 8 atom stereocenters. The Bertz CT molecular complexity index is 975. The smallest absolute Gasteiger partial charge is 0.129 e. The Morgan fingerprint density at radius 1 is 1.06 bits per heavy atom. The molecule has 1 nitrogen and oxygen atoms in total. The third-order valence-corrected chi connectivity index (χ3v) is 11.5. The summed E-state index contributed by atoms with van der Waals surface area (Å²) >= 11 is 6.24. The summed E-state index contributed by atoms with van der Waals surface area (Å²) in [6.45, 7) is 14.9. The number of nitrogens with zero attached hydrogens (tertiary/aromatic N) is 1. The number of aromatic nitrogens is 1. The van der Waals surface area contributed by atoms with Crippen LogP contribution in [0.3, 0.4) is 0 Å². The van der Waals surface area contributed by atoms with Crippen molar-refractivity contribution in [3.05, 3.63) is 46.8 Å². The van der Waals surface area contributed by atoms with Crippen LogP contribution >= 0.6 is 11.6 Å². The van der Waals surface area contributed by atoms with E-state index in [1.54, 1.807) is 5.57 Å². The fourth-order valence-electron chi connectivity index (χ4n) is 9.31. The zero-order valence-corrected chi connectivity index (χ0v) is 23.2. The minimum absolute atomic E-state index is 0.308. The molecule has 2 fully saturated rings. The van der Waals surface area contributed by atoms with Crippen LogP contribution in [-0.4, -0.2) is 4.98 Å². The van der Waals surface area contributed by atoms with Gasteiger partial charge in [0.25, 0.3) is 0 Å². The van der Waals surface area contributed by atoms with Crippen molar-refractivity contribution in [1.29, 1.82) is 0 Å². The molecular formula is C32H46ClN. The van der Waals surface area contributed by atoms with Crippen LogP contribution < -0.4 is 0 Å². The predicted molar refractivity (Wildman–Crippen MR) is 146 cm³/mol. The average Bonchev–Trinajstić information content (AvgIpc) is 3.16. The van der Waals surface area contributed by atoms with Crippen LogP contribution in [0.2, 0.25) is 5.15 Å². The Morgan fingerprint density at radius 2 is 1.85 bits per heavy atom. The number of rotatable bonds is 5. The molecule has 0 spiro atoms. The average molecular weight is 480 g/mol. The van der Waals surface area contributed by atoms with Crippen LogP contribution in [0.15, 0.2) is 30.4 Å². The van der Waals surface area contributed by atoms with Crippen LogP contribution in [0.4, 0.5) is 0 Å². The maximum Gasteiger partial charge on any atom is 0.129 e. The van der Waals surface area contributed by atoms with Gasteiger partial charge in [0.15, 0.2) is 0 Å². The highest BCUT2D eigenvalue weighted by molar-refractivity contribution is 6.29. The number of halogens is 1. The highest BCUT2D eigenvalue weighted by Gasteiger charge is 2.59. The lowest BCUT2D eigenvalue weighted by atomic mass is 9.47. The molecule has 0 radical (unpaired) electrons. The molecule has 2 saturated carbocycles. The van der Waals surface area contributed by atoms with E-state index in [9.17, 15) is 0 Å². The van der Waals surface area contributed by atoms with E-state index in [1.165, 1.54) is 56.2 Å². The van der Waals surface area contributed by atoms with Gasteiger partial charge in [0.05, 0.1) is 0 Å². The van der Waals surface area contributed by atoms with Crippen molar-refractivity contribution >= 4 is 17.2 Å². The van der Waals surface area contributed by atoms with E-state index in [0.717, 1.165) is 41.9 Å². The SMILES string of the molecule is CC[C@H](/C=C/[C@@H](C)[C@H]1CC[C@H]2[C@@H]3CC=C4c5ccc(Cl)nc5CC[C@]4(C)[C@H]3CC[C@]12C)C(C)C. The summed E-state index contributed by atoms with van der Waals surface area (Å²) in [5, 5.41) is 0.642. The Hall–Kier alpha value is -1.08. The molecule has 0 N–H and O–H groups in total. The van der Waals surface area contributed by atoms with Crippen LogP contribution in [0.1, 0.15) is 97.7 Å². The summed E-state index contributed by atoms with van der Waals surface area (Å²) in [6, 6.07) is 4.25. The quantitative estimate of drug-likeness (QED) is 0.302. The zero-order chi connectivity index (χ0) is 24.3. The molecule has 2 heteroatoms. The van der Waals surface area contributed by atoms with E-state index in [-0.39, 0.29) is 0 Å². The Labute approximate surface area is 213 Å². The van der Waals surface area contributed by atoms with Crippen molar-refractivity contribution in [2.45, 2.75) is 92.9 Å². The summed E-state index contributed by atoms with van der Waals surface area (Å²) in [7, 11) is 0. The lowest BCUT2D eigenvalue weighted by Crippen LogP contribution is -2.50. The summed E-state index contributed by atoms with van der Waals surface area (Å²) < 4.78 is 0. The van der Waals surface area contributed by atoms with Gasteiger partial charge in [-0.1, -0.05) is 71.4 Å². The normalized spacial score (nSPS) is 38.6. The second kappa shape index (κ2) is 9.10. The van der Waals surface area contributed by atoms with Crippen LogP contribution in [0.25, 0.3) is 5.57 Å². The number of aryl methyl sites for hydroxylation is 1. The number of fused-ring (bicyclic) bond motifs is 7. The highest BCUT2D eigenvalue weighted by Crippen LogP contribution is 2.67. The van der Waals surface area contributed by atoms with Gasteiger partial charge in [-0.25, -0.2) is 4.98 Å². The Kier molecular flexibility index (Phi) is 6.58. The van der Waals surface area contributed by atoms with Crippen molar-refractivity contribution in [2.24, 2.45) is 52.3 Å². The largest absolute Gasteiger partial charge is 0.241 e. The fraction of sp³-hybridized carbons (Fsp3) is 0.719. The summed E-state index contributed by atoms with van der Waals surface area (Å²) in [6.07, 6.45) is 18.3. The van der Waals surface area contributed by atoms with Crippen LogP contribution in [0, 0.1) is 52.3 Å². The molecule has 0 saturated heterocycles. The zero-order valence-electron chi connectivity index (χ0n) is 22.4. The third-order valence-electron chi connectivity index (χ3n) is 11.3. The molecule has 0 aromatic carbocycles. The molecule has 0 unspecified atom stereocenters. The van der Waals surface area contributed by atoms with E-state index in [0.29, 0.717) is 21.9 Å². The van der Waals surface area contributed by atoms with Gasteiger partial charge in [0, 0.05) is 5.69 Å². The fourth-order valence-corrected chi connectivity index (χ4v) is 9.47. The molecule has 1 aromatic rings. The summed E-state index contributed by atoms with van der Waals surface area (Å²) in [5.74, 6) is 5.57. The molecule has 0 aliphatic heterocycles. The van der Waals surface area contributed by atoms with E-state index in [4.69, 9.17) is 16.6 Å². The number of hydrogen-bond donors (Lipinski definition) is 0. The van der Waals surface area contributed by atoms with Gasteiger partial charge in [-0.2, -0.15) is 0 Å². The topological polar surface area (TPSA) is 12.9 Å². The summed E-state index contributed by atoms with van der Waals surface area (Å²) in [5.41, 5.74) is 5.02. The van der Waals surface area contributed by atoms with E-state index in [2.05, 4.69) is 65.8 Å². The van der Waals surface area contributed by atoms with E-state index < -0.39 is 0 Å². The number of hydrogen-bond acceptors (Lipinski definition) is 1. The third kappa shape index (κ3) is 3.84. The second-order valence-electron chi connectivity index (χ2n) is 13.1. The number of allylic oxidation sites excluding steroid dienone is 4. The van der Waals surface area contributed by atoms with Gasteiger partial charge in [-0.05, 0) is 127 Å². The molecule has 4 aliphatic rings. The van der Waals surface area contributed by atoms with Gasteiger partial charge in [-0.15, -0.1) is 0 Å². The first-order valence-corrected chi connectivity index (χ1v) is 14.6. The lowest BCUT2D eigenvalue weighted by molar-refractivity contribution is -0.0349. The number of pyridine rings is 1. The van der Waals surface area contributed by atoms with Gasteiger partial charge >= 0.3 is 0 Å². The maximum atomic E-state index is 6.24. The molecule has 5 rings (SSSR count). The van der Waals surface area contributed by atoms with Crippen LogP contribution in [0.5, 0.6) is 0 Å². The van der Waals surface area contributed by atoms with Crippen LogP contribution in [-0.2, 0) is 6.42 Å². The first-order valence-electron chi connectivity index (χ1n) is 14.2. The van der Waals surface area contributed by atoms with Crippen molar-refractivity contribution in [2.75, 3.05) is 0 Å². The second-order valence-corrected chi connectivity index (χ2v) is 13.5. The van der Waals surface area contributed by atoms with Gasteiger partial charge in [0.1, 0.15) is 5.15 Å². The highest BCUT2D eigenvalue weighted by atomic mass is 35.5. The Morgan fingerprint density at radius 3 is 2.59 bits per heavy atom. The maximum absolute atomic E-state index is 6.24. The minimum Gasteiger partial charge on any atom is -0.241 e. The first kappa shape index (κ1) is 24.6. The molecule has 1 aromatic heterocycles. The molecular weight excluding hydrogens is 434 g/mol. The molecule has 0 bridgehead atoms. The summed E-state index contributed by atoms with van der Waals surface area (Å²) in [4.78, 5) is 4.70. The van der Waals surface area contributed by atoms with Gasteiger partial charge in [0.2, 0.25) is 0 Å². The van der Waals surface area contributed by atoms with Crippen molar-refractivity contribution in [3.8, 4) is 0 Å². The molecule has 34 heavy (non-hydrogen) atoms. The predicted octanol–water partition coefficient (Wildman–Crippen LogP) is 9.41. The molecule has 4 aliphatic carbocycles. The van der Waals surface area contributed by atoms with E-state index in [1.807, 2.05) is 6.07 Å². The van der Waals surface area contributed by atoms with E-state index >= 15 is 0 Å². The van der Waals surface area contributed by atoms with Crippen molar-refractivity contribution in [1.82, 2.24) is 4.98 Å². The van der Waals surface area contributed by atoms with Gasteiger partial charge in [-0.3, -0.25) is 0 Å². The molecule has 1 heterocycles. The monoisotopic (exact) mass is 479 g/mol. The van der Waals surface area contributed by atoms with Crippen molar-refractivity contribution < 1.29 is 0 Å². The molecule has 0 amide bonds. The Balaban J connectivity index is 1.39. The molecule has 186 valence electrons. The van der Waals surface area contributed by atoms with Gasteiger partial charge < -0.3 is 0 Å². The minimum atomic E-state index is 0.308. The first-order chi connectivity index (χ1) is 16.2. The standard InChI is InChI=1S/C32H46ClN/c1-7-22(20(2)3)9-8-21(4)25-13-14-26-23-10-12-27-24-11-15-30(33)34-29(24)17-19-32(27,6)28(23)16-18-31(25,26)5/h8-9,11-12,15,20-23,25-26,28H,7,10,13-14,16-19H2,1-6H3/b9-8+/t21-,22-,23+,25-,26+,28+,31-,32+/m1/s1. The van der Waals surface area contributed by atoms with Crippen molar-refractivity contribution in [3.63, 3.8) is 0 Å².